The summed E-state index contributed by atoms with van der Waals surface area (Å²) in [7, 11) is 0. The van der Waals surface area contributed by atoms with Crippen LogP contribution in [0.4, 0.5) is 0 Å². The van der Waals surface area contributed by atoms with Crippen molar-refractivity contribution in [3.05, 3.63) is 59.2 Å². The van der Waals surface area contributed by atoms with Gasteiger partial charge in [-0.2, -0.15) is 0 Å². The Bertz CT molecular complexity index is 561. The van der Waals surface area contributed by atoms with Crippen LogP contribution in [0.5, 0.6) is 0 Å². The Hall–Kier alpha value is -1.96. The molecular formula is C23H34O2. The second-order valence-electron chi connectivity index (χ2n) is 6.80. The molecule has 2 nitrogen and oxygen atoms in total. The van der Waals surface area contributed by atoms with Crippen molar-refractivity contribution in [3.8, 4) is 0 Å². The zero-order chi connectivity index (χ0) is 19.1. The SMILES string of the molecule is CC(=O)CC/C=C(\C)CCC=C(C)C.CC(=O)CCc1ccccc1. The van der Waals surface area contributed by atoms with Crippen LogP contribution < -0.4 is 0 Å². The third kappa shape index (κ3) is 16.7. The topological polar surface area (TPSA) is 34.1 Å². The van der Waals surface area contributed by atoms with Crippen molar-refractivity contribution in [2.45, 2.75) is 73.1 Å². The second kappa shape index (κ2) is 14.4. The second-order valence-corrected chi connectivity index (χ2v) is 6.80. The zero-order valence-corrected chi connectivity index (χ0v) is 16.6. The molecule has 0 bridgehead atoms. The number of hydrogen-bond acceptors (Lipinski definition) is 2. The van der Waals surface area contributed by atoms with Crippen molar-refractivity contribution in [2.24, 2.45) is 0 Å². The van der Waals surface area contributed by atoms with E-state index < -0.39 is 0 Å². The zero-order valence-electron chi connectivity index (χ0n) is 16.6. The molecule has 1 aromatic rings. The van der Waals surface area contributed by atoms with Crippen molar-refractivity contribution in [3.63, 3.8) is 0 Å². The van der Waals surface area contributed by atoms with Crippen LogP contribution >= 0.6 is 0 Å². The van der Waals surface area contributed by atoms with Gasteiger partial charge in [0.05, 0.1) is 0 Å². The standard InChI is InChI=1S/C13H22O.C10H12O/c1-11(2)7-5-8-12(3)9-6-10-13(4)14;1-9(11)7-8-10-5-3-2-4-6-10/h7,9H,5-6,8,10H2,1-4H3;2-6H,7-8H2,1H3/b12-9+;. The van der Waals surface area contributed by atoms with Gasteiger partial charge in [-0.15, -0.1) is 0 Å². The van der Waals surface area contributed by atoms with Crippen molar-refractivity contribution < 1.29 is 9.59 Å². The first kappa shape index (κ1) is 23.0. The van der Waals surface area contributed by atoms with E-state index in [4.69, 9.17) is 0 Å². The lowest BCUT2D eigenvalue weighted by Gasteiger charge is -1.98. The number of Topliss-reactive ketones (excluding diaryl/α,β-unsaturated/α-hetero) is 2. The number of aryl methyl sites for hydroxylation is 1. The van der Waals surface area contributed by atoms with Crippen molar-refractivity contribution >= 4 is 11.6 Å². The van der Waals surface area contributed by atoms with Gasteiger partial charge in [0.1, 0.15) is 11.6 Å². The molecule has 0 aliphatic rings. The molecule has 0 fully saturated rings. The highest BCUT2D eigenvalue weighted by Crippen LogP contribution is 2.08. The van der Waals surface area contributed by atoms with Crippen LogP contribution in [0, 0.1) is 0 Å². The normalized spacial score (nSPS) is 10.5. The molecule has 138 valence electrons. The molecule has 0 N–H and O–H groups in total. The van der Waals surface area contributed by atoms with E-state index in [1.165, 1.54) is 16.7 Å². The maximum atomic E-state index is 10.7. The van der Waals surface area contributed by atoms with Gasteiger partial charge in [0.15, 0.2) is 0 Å². The van der Waals surface area contributed by atoms with E-state index in [0.29, 0.717) is 12.8 Å². The van der Waals surface area contributed by atoms with Gasteiger partial charge in [-0.05, 0) is 65.9 Å². The van der Waals surface area contributed by atoms with Crippen LogP contribution in [-0.2, 0) is 16.0 Å². The fraction of sp³-hybridized carbons (Fsp3) is 0.478. The fourth-order valence-corrected chi connectivity index (χ4v) is 2.18. The summed E-state index contributed by atoms with van der Waals surface area (Å²) in [5.74, 6) is 0.534. The van der Waals surface area contributed by atoms with Crippen LogP contribution in [0.3, 0.4) is 0 Å². The molecule has 0 aromatic heterocycles. The van der Waals surface area contributed by atoms with Gasteiger partial charge in [0.25, 0.3) is 0 Å². The van der Waals surface area contributed by atoms with E-state index in [-0.39, 0.29) is 11.6 Å². The molecule has 2 heteroatoms. The van der Waals surface area contributed by atoms with Gasteiger partial charge in [-0.3, -0.25) is 0 Å². The molecule has 0 heterocycles. The van der Waals surface area contributed by atoms with Crippen LogP contribution in [0.15, 0.2) is 53.6 Å². The number of benzene rings is 1. The van der Waals surface area contributed by atoms with E-state index in [0.717, 1.165) is 25.7 Å². The van der Waals surface area contributed by atoms with Gasteiger partial charge < -0.3 is 9.59 Å². The largest absolute Gasteiger partial charge is 0.300 e. The summed E-state index contributed by atoms with van der Waals surface area (Å²) in [6.07, 6.45) is 9.77. The van der Waals surface area contributed by atoms with Crippen LogP contribution in [0.25, 0.3) is 0 Å². The first-order valence-electron chi connectivity index (χ1n) is 9.13. The smallest absolute Gasteiger partial charge is 0.130 e. The third-order valence-corrected chi connectivity index (χ3v) is 3.69. The number of hydrogen-bond donors (Lipinski definition) is 0. The molecule has 0 aliphatic heterocycles. The lowest BCUT2D eigenvalue weighted by molar-refractivity contribution is -0.117. The Morgan fingerprint density at radius 2 is 1.32 bits per heavy atom. The maximum Gasteiger partial charge on any atom is 0.130 e. The van der Waals surface area contributed by atoms with Crippen molar-refractivity contribution in [1.29, 1.82) is 0 Å². The van der Waals surface area contributed by atoms with E-state index in [1.54, 1.807) is 13.8 Å². The Morgan fingerprint density at radius 1 is 0.760 bits per heavy atom. The summed E-state index contributed by atoms with van der Waals surface area (Å²) in [6, 6.07) is 10.1. The average molecular weight is 343 g/mol. The Labute approximate surface area is 154 Å². The van der Waals surface area contributed by atoms with Gasteiger partial charge in [0, 0.05) is 12.8 Å². The lowest BCUT2D eigenvalue weighted by atomic mass is 10.1. The summed E-state index contributed by atoms with van der Waals surface area (Å²) in [5, 5.41) is 0. The summed E-state index contributed by atoms with van der Waals surface area (Å²) in [4.78, 5) is 21.3. The quantitative estimate of drug-likeness (QED) is 0.497. The summed E-state index contributed by atoms with van der Waals surface area (Å²) >= 11 is 0. The predicted molar refractivity (Wildman–Crippen MR) is 108 cm³/mol. The van der Waals surface area contributed by atoms with E-state index in [9.17, 15) is 9.59 Å². The molecule has 0 radical (unpaired) electrons. The van der Waals surface area contributed by atoms with Gasteiger partial charge >= 0.3 is 0 Å². The minimum absolute atomic E-state index is 0.258. The summed E-state index contributed by atoms with van der Waals surface area (Å²) in [5.41, 5.74) is 4.01. The van der Waals surface area contributed by atoms with Crippen LogP contribution in [0.1, 0.15) is 72.3 Å². The number of rotatable bonds is 9. The maximum absolute atomic E-state index is 10.7. The van der Waals surface area contributed by atoms with Crippen molar-refractivity contribution in [2.75, 3.05) is 0 Å². The highest BCUT2D eigenvalue weighted by molar-refractivity contribution is 5.75. The number of allylic oxidation sites excluding steroid dienone is 4. The summed E-state index contributed by atoms with van der Waals surface area (Å²) in [6.45, 7) is 9.65. The Kier molecular flexibility index (Phi) is 13.3. The average Bonchev–Trinajstić information content (AvgIpc) is 2.54. The molecule has 0 saturated carbocycles. The third-order valence-electron chi connectivity index (χ3n) is 3.69. The molecule has 0 amide bonds. The van der Waals surface area contributed by atoms with E-state index in [1.807, 2.05) is 30.3 Å². The molecule has 0 spiro atoms. The lowest BCUT2D eigenvalue weighted by Crippen LogP contribution is -1.92. The monoisotopic (exact) mass is 342 g/mol. The summed E-state index contributed by atoms with van der Waals surface area (Å²) < 4.78 is 0. The number of carbonyl (C=O) groups excluding carboxylic acids is 2. The highest BCUT2D eigenvalue weighted by Gasteiger charge is 1.94. The molecule has 1 aromatic carbocycles. The first-order valence-corrected chi connectivity index (χ1v) is 9.13. The van der Waals surface area contributed by atoms with Gasteiger partial charge in [-0.1, -0.05) is 53.6 Å². The predicted octanol–water partition coefficient (Wildman–Crippen LogP) is 6.26. The minimum Gasteiger partial charge on any atom is -0.300 e. The molecule has 0 atom stereocenters. The van der Waals surface area contributed by atoms with Gasteiger partial charge in [0.2, 0.25) is 0 Å². The number of carbonyl (C=O) groups is 2. The first-order chi connectivity index (χ1) is 11.8. The molecule has 1 rings (SSSR count). The van der Waals surface area contributed by atoms with E-state index in [2.05, 4.69) is 32.9 Å². The van der Waals surface area contributed by atoms with E-state index >= 15 is 0 Å². The molecule has 25 heavy (non-hydrogen) atoms. The molecular weight excluding hydrogens is 308 g/mol. The molecule has 0 unspecified atom stereocenters. The minimum atomic E-state index is 0.258. The number of ketones is 2. The van der Waals surface area contributed by atoms with Crippen LogP contribution in [-0.4, -0.2) is 11.6 Å². The van der Waals surface area contributed by atoms with Gasteiger partial charge in [-0.25, -0.2) is 0 Å². The Morgan fingerprint density at radius 3 is 1.84 bits per heavy atom. The molecule has 0 aliphatic carbocycles. The molecule has 0 saturated heterocycles. The van der Waals surface area contributed by atoms with Crippen molar-refractivity contribution in [1.82, 2.24) is 0 Å². The fourth-order valence-electron chi connectivity index (χ4n) is 2.18. The van der Waals surface area contributed by atoms with Crippen LogP contribution in [0.2, 0.25) is 0 Å². The highest BCUT2D eigenvalue weighted by atomic mass is 16.1. The Balaban J connectivity index is 0.000000472.